The average Bonchev–Trinajstić information content (AvgIpc) is 3.26. The second-order valence-corrected chi connectivity index (χ2v) is 7.13. The summed E-state index contributed by atoms with van der Waals surface area (Å²) in [4.78, 5) is 28.2. The van der Waals surface area contributed by atoms with Crippen LogP contribution in [0.2, 0.25) is 0 Å². The number of carbonyl (C=O) groups excluding carboxylic acids is 2. The molecule has 0 saturated carbocycles. The summed E-state index contributed by atoms with van der Waals surface area (Å²) in [5.74, 6) is -0.493. The quantitative estimate of drug-likeness (QED) is 0.663. The number of anilines is 1. The van der Waals surface area contributed by atoms with Gasteiger partial charge in [-0.3, -0.25) is 4.79 Å². The van der Waals surface area contributed by atoms with Crippen LogP contribution >= 0.6 is 22.7 Å². The van der Waals surface area contributed by atoms with Gasteiger partial charge in [0.1, 0.15) is 11.6 Å². The van der Waals surface area contributed by atoms with Gasteiger partial charge in [-0.15, -0.1) is 11.3 Å². The molecule has 0 aliphatic rings. The number of rotatable bonds is 6. The molecule has 0 radical (unpaired) electrons. The van der Waals surface area contributed by atoms with Crippen LogP contribution in [0.5, 0.6) is 0 Å². The van der Waals surface area contributed by atoms with E-state index >= 15 is 0 Å². The third kappa shape index (κ3) is 4.98. The Labute approximate surface area is 153 Å². The van der Waals surface area contributed by atoms with Gasteiger partial charge in [-0.2, -0.15) is 11.3 Å². The fourth-order valence-corrected chi connectivity index (χ4v) is 3.48. The van der Waals surface area contributed by atoms with Gasteiger partial charge in [-0.25, -0.2) is 9.78 Å². The van der Waals surface area contributed by atoms with Crippen LogP contribution < -0.4 is 5.32 Å². The number of nitrogens with zero attached hydrogens (tertiary/aromatic N) is 1. The summed E-state index contributed by atoms with van der Waals surface area (Å²) < 4.78 is 5.21. The minimum atomic E-state index is -0.368. The molecule has 1 aromatic carbocycles. The highest BCUT2D eigenvalue weighted by molar-refractivity contribution is 7.09. The smallest absolute Gasteiger partial charge is 0.339 e. The van der Waals surface area contributed by atoms with E-state index in [9.17, 15) is 9.59 Å². The van der Waals surface area contributed by atoms with Crippen molar-refractivity contribution in [2.45, 2.75) is 20.0 Å². The fraction of sp³-hybridized carbons (Fsp3) is 0.167. The van der Waals surface area contributed by atoms with E-state index in [4.69, 9.17) is 4.74 Å². The number of nitrogens with one attached hydrogen (secondary N) is 1. The van der Waals surface area contributed by atoms with Gasteiger partial charge >= 0.3 is 5.97 Å². The first-order valence-corrected chi connectivity index (χ1v) is 9.41. The van der Waals surface area contributed by atoms with Gasteiger partial charge in [0.15, 0.2) is 0 Å². The number of aromatic nitrogens is 1. The first kappa shape index (κ1) is 17.3. The van der Waals surface area contributed by atoms with Crippen LogP contribution in [0.4, 0.5) is 5.69 Å². The van der Waals surface area contributed by atoms with Crippen molar-refractivity contribution >= 4 is 40.2 Å². The molecule has 1 amide bonds. The Hall–Kier alpha value is -2.51. The Morgan fingerprint density at radius 1 is 1.16 bits per heavy atom. The van der Waals surface area contributed by atoms with Gasteiger partial charge in [0.2, 0.25) is 5.91 Å². The summed E-state index contributed by atoms with van der Waals surface area (Å²) in [5.41, 5.74) is 3.08. The molecule has 0 unspecified atom stereocenters. The summed E-state index contributed by atoms with van der Waals surface area (Å²) in [6.07, 6.45) is 0.191. The number of hydrogen-bond acceptors (Lipinski definition) is 6. The molecule has 0 fully saturated rings. The number of thiazole rings is 1. The Balaban J connectivity index is 1.50. The summed E-state index contributed by atoms with van der Waals surface area (Å²) in [7, 11) is 0. The second-order valence-electron chi connectivity index (χ2n) is 5.41. The van der Waals surface area contributed by atoms with E-state index in [1.165, 1.54) is 22.7 Å². The lowest BCUT2D eigenvalue weighted by atomic mass is 10.2. The molecule has 2 aromatic heterocycles. The standard InChI is InChI=1S/C18H16N2O3S2/c1-12-2-4-14(5-3-12)19-16(21)8-17-20-15(11-25-17)9-23-18(22)13-6-7-24-10-13/h2-7,10-11H,8-9H2,1H3,(H,19,21). The maximum Gasteiger partial charge on any atom is 0.339 e. The summed E-state index contributed by atoms with van der Waals surface area (Å²) >= 11 is 2.82. The largest absolute Gasteiger partial charge is 0.456 e. The van der Waals surface area contributed by atoms with Crippen molar-refractivity contribution in [3.8, 4) is 0 Å². The minimum absolute atomic E-state index is 0.102. The number of ether oxygens (including phenoxy) is 1. The molecule has 0 saturated heterocycles. The van der Waals surface area contributed by atoms with Gasteiger partial charge in [-0.05, 0) is 30.5 Å². The minimum Gasteiger partial charge on any atom is -0.456 e. The zero-order valence-corrected chi connectivity index (χ0v) is 15.2. The average molecular weight is 372 g/mol. The summed E-state index contributed by atoms with van der Waals surface area (Å²) in [6.45, 7) is 2.10. The van der Waals surface area contributed by atoms with Gasteiger partial charge in [0.25, 0.3) is 0 Å². The summed E-state index contributed by atoms with van der Waals surface area (Å²) in [5, 5.41) is 8.89. The second kappa shape index (κ2) is 8.04. The molecule has 7 heteroatoms. The number of benzene rings is 1. The summed E-state index contributed by atoms with van der Waals surface area (Å²) in [6, 6.07) is 9.33. The van der Waals surface area contributed by atoms with Gasteiger partial charge in [0, 0.05) is 16.4 Å². The maximum atomic E-state index is 12.1. The van der Waals surface area contributed by atoms with Crippen molar-refractivity contribution in [1.29, 1.82) is 0 Å². The monoisotopic (exact) mass is 372 g/mol. The highest BCUT2D eigenvalue weighted by atomic mass is 32.1. The Morgan fingerprint density at radius 3 is 2.68 bits per heavy atom. The highest BCUT2D eigenvalue weighted by Crippen LogP contribution is 2.15. The predicted octanol–water partition coefficient (Wildman–Crippen LogP) is 4.05. The molecule has 0 bridgehead atoms. The molecule has 3 aromatic rings. The van der Waals surface area contributed by atoms with Gasteiger partial charge in [-0.1, -0.05) is 17.7 Å². The molecule has 2 heterocycles. The van der Waals surface area contributed by atoms with E-state index in [0.29, 0.717) is 16.3 Å². The number of esters is 1. The number of carbonyl (C=O) groups is 2. The molecule has 1 N–H and O–H groups in total. The number of amides is 1. The van der Waals surface area contributed by atoms with E-state index in [2.05, 4.69) is 10.3 Å². The Bertz CT molecular complexity index is 855. The van der Waals surface area contributed by atoms with E-state index in [-0.39, 0.29) is 24.9 Å². The first-order chi connectivity index (χ1) is 12.1. The molecule has 0 aliphatic heterocycles. The molecular formula is C18H16N2O3S2. The van der Waals surface area contributed by atoms with Crippen LogP contribution in [0, 0.1) is 6.92 Å². The van der Waals surface area contributed by atoms with Crippen molar-refractivity contribution in [2.24, 2.45) is 0 Å². The van der Waals surface area contributed by atoms with Crippen molar-refractivity contribution in [1.82, 2.24) is 4.98 Å². The van der Waals surface area contributed by atoms with Crippen molar-refractivity contribution in [3.63, 3.8) is 0 Å². The van der Waals surface area contributed by atoms with E-state index in [1.54, 1.807) is 16.8 Å². The number of hydrogen-bond donors (Lipinski definition) is 1. The van der Waals surface area contributed by atoms with Gasteiger partial charge < -0.3 is 10.1 Å². The Morgan fingerprint density at radius 2 is 1.96 bits per heavy atom. The molecule has 0 aliphatic carbocycles. The maximum absolute atomic E-state index is 12.1. The molecule has 5 nitrogen and oxygen atoms in total. The molecule has 128 valence electrons. The van der Waals surface area contributed by atoms with Crippen LogP contribution in [-0.2, 0) is 22.6 Å². The van der Waals surface area contributed by atoms with Gasteiger partial charge in [0.05, 0.1) is 17.7 Å². The van der Waals surface area contributed by atoms with Crippen molar-refractivity contribution < 1.29 is 14.3 Å². The normalized spacial score (nSPS) is 10.4. The van der Waals surface area contributed by atoms with Crippen LogP contribution in [-0.4, -0.2) is 16.9 Å². The van der Waals surface area contributed by atoms with Crippen LogP contribution in [0.3, 0.4) is 0 Å². The molecule has 0 spiro atoms. The number of aryl methyl sites for hydroxylation is 1. The predicted molar refractivity (Wildman–Crippen MR) is 99.1 cm³/mol. The lowest BCUT2D eigenvalue weighted by Gasteiger charge is -2.04. The van der Waals surface area contributed by atoms with E-state index < -0.39 is 0 Å². The topological polar surface area (TPSA) is 68.3 Å². The fourth-order valence-electron chi connectivity index (χ4n) is 2.08. The van der Waals surface area contributed by atoms with Crippen LogP contribution in [0.25, 0.3) is 0 Å². The Kier molecular flexibility index (Phi) is 5.57. The SMILES string of the molecule is Cc1ccc(NC(=O)Cc2nc(COC(=O)c3ccsc3)cs2)cc1. The van der Waals surface area contributed by atoms with Crippen molar-refractivity contribution in [2.75, 3.05) is 5.32 Å². The number of thiophene rings is 1. The third-order valence-corrected chi connectivity index (χ3v) is 4.94. The zero-order valence-electron chi connectivity index (χ0n) is 13.5. The molecule has 3 rings (SSSR count). The molecule has 25 heavy (non-hydrogen) atoms. The van der Waals surface area contributed by atoms with E-state index in [1.807, 2.05) is 36.6 Å². The first-order valence-electron chi connectivity index (χ1n) is 7.59. The lowest BCUT2D eigenvalue weighted by molar-refractivity contribution is -0.115. The van der Waals surface area contributed by atoms with Crippen molar-refractivity contribution in [3.05, 3.63) is 68.3 Å². The van der Waals surface area contributed by atoms with Crippen LogP contribution in [0.15, 0.2) is 46.5 Å². The van der Waals surface area contributed by atoms with E-state index in [0.717, 1.165) is 11.3 Å². The highest BCUT2D eigenvalue weighted by Gasteiger charge is 2.11. The lowest BCUT2D eigenvalue weighted by Crippen LogP contribution is -2.14. The molecular weight excluding hydrogens is 356 g/mol. The van der Waals surface area contributed by atoms with Crippen LogP contribution in [0.1, 0.15) is 26.6 Å². The molecule has 0 atom stereocenters. The zero-order chi connectivity index (χ0) is 17.6. The third-order valence-electron chi connectivity index (χ3n) is 3.35.